The van der Waals surface area contributed by atoms with E-state index in [0.717, 1.165) is 13.0 Å². The monoisotopic (exact) mass is 176 g/mol. The molecule has 0 aromatic rings. The quantitative estimate of drug-likeness (QED) is 0.492. The van der Waals surface area contributed by atoms with Crippen molar-refractivity contribution in [2.75, 3.05) is 19.6 Å². The molecule has 0 aromatic carbocycles. The minimum atomic E-state index is -2.97. The van der Waals surface area contributed by atoms with Crippen molar-refractivity contribution in [3.8, 4) is 0 Å². The van der Waals surface area contributed by atoms with Crippen molar-refractivity contribution in [2.24, 2.45) is 5.92 Å². The molecule has 2 heterocycles. The Morgan fingerprint density at radius 3 is 2.82 bits per heavy atom. The van der Waals surface area contributed by atoms with Crippen LogP contribution in [0.2, 0.25) is 0 Å². The van der Waals surface area contributed by atoms with E-state index in [2.05, 4.69) is 10.0 Å². The Morgan fingerprint density at radius 1 is 1.27 bits per heavy atom. The maximum Gasteiger partial charge on any atom is 0.216 e. The zero-order valence-corrected chi connectivity index (χ0v) is 7.02. The first-order valence-electron chi connectivity index (χ1n) is 3.89. The molecule has 0 amide bonds. The topological polar surface area (TPSA) is 58.2 Å². The van der Waals surface area contributed by atoms with Gasteiger partial charge in [0.2, 0.25) is 10.0 Å². The predicted octanol–water partition coefficient (Wildman–Crippen LogP) is -1.10. The summed E-state index contributed by atoms with van der Waals surface area (Å²) < 4.78 is 25.2. The maximum atomic E-state index is 11.3. The van der Waals surface area contributed by atoms with Gasteiger partial charge in [0.15, 0.2) is 0 Å². The van der Waals surface area contributed by atoms with Crippen LogP contribution in [0.1, 0.15) is 6.42 Å². The van der Waals surface area contributed by atoms with Crippen molar-refractivity contribution in [3.63, 3.8) is 0 Å². The van der Waals surface area contributed by atoms with Crippen molar-refractivity contribution in [1.82, 2.24) is 10.0 Å². The van der Waals surface area contributed by atoms with Crippen LogP contribution in [0.15, 0.2) is 0 Å². The van der Waals surface area contributed by atoms with Crippen molar-refractivity contribution >= 4 is 10.0 Å². The Balaban J connectivity index is 2.26. The first-order chi connectivity index (χ1) is 5.20. The lowest BCUT2D eigenvalue weighted by Gasteiger charge is -2.24. The van der Waals surface area contributed by atoms with E-state index >= 15 is 0 Å². The van der Waals surface area contributed by atoms with E-state index in [0.29, 0.717) is 19.0 Å². The van der Waals surface area contributed by atoms with Crippen LogP contribution in [-0.2, 0) is 10.0 Å². The number of hydrogen-bond donors (Lipinski definition) is 2. The Labute approximate surface area is 66.4 Å². The summed E-state index contributed by atoms with van der Waals surface area (Å²) in [4.78, 5) is 0. The Bertz CT molecular complexity index is 249. The predicted molar refractivity (Wildman–Crippen MR) is 41.7 cm³/mol. The van der Waals surface area contributed by atoms with Gasteiger partial charge in [0.25, 0.3) is 0 Å². The zero-order chi connectivity index (χ0) is 7.90. The lowest BCUT2D eigenvalue weighted by Crippen LogP contribution is -2.45. The highest BCUT2D eigenvalue weighted by atomic mass is 32.2. The fourth-order valence-corrected chi connectivity index (χ4v) is 3.55. The van der Waals surface area contributed by atoms with Gasteiger partial charge in [0.1, 0.15) is 0 Å². The van der Waals surface area contributed by atoms with Gasteiger partial charge >= 0.3 is 0 Å². The Kier molecular flexibility index (Phi) is 1.66. The maximum absolute atomic E-state index is 11.3. The average molecular weight is 176 g/mol. The largest absolute Gasteiger partial charge is 0.315 e. The summed E-state index contributed by atoms with van der Waals surface area (Å²) in [5.41, 5.74) is 0. The van der Waals surface area contributed by atoms with Crippen LogP contribution in [-0.4, -0.2) is 33.3 Å². The van der Waals surface area contributed by atoms with E-state index < -0.39 is 10.0 Å². The van der Waals surface area contributed by atoms with Crippen molar-refractivity contribution < 1.29 is 8.42 Å². The van der Waals surface area contributed by atoms with Crippen LogP contribution >= 0.6 is 0 Å². The lowest BCUT2D eigenvalue weighted by atomic mass is 10.0. The van der Waals surface area contributed by atoms with Crippen LogP contribution in [0.3, 0.4) is 0 Å². The third kappa shape index (κ3) is 1.17. The number of fused-ring (bicyclic) bond motifs is 1. The van der Waals surface area contributed by atoms with Gasteiger partial charge in [-0.25, -0.2) is 13.1 Å². The third-order valence-electron chi connectivity index (χ3n) is 2.49. The second-order valence-corrected chi connectivity index (χ2v) is 5.17. The zero-order valence-electron chi connectivity index (χ0n) is 6.21. The van der Waals surface area contributed by atoms with E-state index in [9.17, 15) is 8.42 Å². The Hall–Kier alpha value is -0.130. The van der Waals surface area contributed by atoms with E-state index in [1.807, 2.05) is 0 Å². The molecule has 2 atom stereocenters. The van der Waals surface area contributed by atoms with Crippen molar-refractivity contribution in [1.29, 1.82) is 0 Å². The summed E-state index contributed by atoms with van der Waals surface area (Å²) in [6.45, 7) is 2.11. The fourth-order valence-electron chi connectivity index (χ4n) is 1.85. The molecule has 0 bridgehead atoms. The minimum Gasteiger partial charge on any atom is -0.315 e. The Morgan fingerprint density at radius 2 is 2.09 bits per heavy atom. The molecule has 11 heavy (non-hydrogen) atoms. The SMILES string of the molecule is O=S1(=O)NCCC2CNCC21. The van der Waals surface area contributed by atoms with Crippen molar-refractivity contribution in [3.05, 3.63) is 0 Å². The fraction of sp³-hybridized carbons (Fsp3) is 1.00. The van der Waals surface area contributed by atoms with E-state index in [1.54, 1.807) is 0 Å². The summed E-state index contributed by atoms with van der Waals surface area (Å²) in [6.07, 6.45) is 0.983. The van der Waals surface area contributed by atoms with E-state index in [4.69, 9.17) is 0 Å². The molecule has 4 nitrogen and oxygen atoms in total. The molecular formula is C6H12N2O2S. The highest BCUT2D eigenvalue weighted by Gasteiger charge is 2.39. The molecule has 64 valence electrons. The number of rotatable bonds is 0. The third-order valence-corrected chi connectivity index (χ3v) is 4.45. The van der Waals surface area contributed by atoms with Crippen LogP contribution in [0, 0.1) is 5.92 Å². The number of sulfonamides is 1. The van der Waals surface area contributed by atoms with Crippen LogP contribution in [0.25, 0.3) is 0 Å². The van der Waals surface area contributed by atoms with Crippen LogP contribution in [0.5, 0.6) is 0 Å². The molecule has 0 radical (unpaired) electrons. The van der Waals surface area contributed by atoms with Crippen LogP contribution < -0.4 is 10.0 Å². The number of nitrogens with one attached hydrogen (secondary N) is 2. The average Bonchev–Trinajstić information content (AvgIpc) is 2.34. The molecule has 2 rings (SSSR count). The highest BCUT2D eigenvalue weighted by molar-refractivity contribution is 7.90. The molecule has 0 spiro atoms. The summed E-state index contributed by atoms with van der Waals surface area (Å²) >= 11 is 0. The molecular weight excluding hydrogens is 164 g/mol. The van der Waals surface area contributed by atoms with Crippen LogP contribution in [0.4, 0.5) is 0 Å². The second kappa shape index (κ2) is 2.43. The molecule has 2 aliphatic heterocycles. The van der Waals surface area contributed by atoms with Gasteiger partial charge in [-0.3, -0.25) is 0 Å². The molecule has 2 fully saturated rings. The first kappa shape index (κ1) is 7.52. The molecule has 2 unspecified atom stereocenters. The molecule has 0 aliphatic carbocycles. The molecule has 2 saturated heterocycles. The summed E-state index contributed by atoms with van der Waals surface area (Å²) in [5, 5.41) is 2.93. The second-order valence-electron chi connectivity index (χ2n) is 3.18. The van der Waals surface area contributed by atoms with Gasteiger partial charge in [-0.05, 0) is 18.9 Å². The molecule has 0 aromatic heterocycles. The van der Waals surface area contributed by atoms with Gasteiger partial charge in [-0.1, -0.05) is 0 Å². The van der Waals surface area contributed by atoms with Crippen molar-refractivity contribution in [2.45, 2.75) is 11.7 Å². The van der Waals surface area contributed by atoms with Gasteiger partial charge in [0.05, 0.1) is 5.25 Å². The van der Waals surface area contributed by atoms with Gasteiger partial charge in [-0.2, -0.15) is 0 Å². The summed E-state index contributed by atoms with van der Waals surface area (Å²) in [5.74, 6) is 0.348. The van der Waals surface area contributed by atoms with Gasteiger partial charge in [0, 0.05) is 13.1 Å². The molecule has 0 saturated carbocycles. The summed E-state index contributed by atoms with van der Waals surface area (Å²) in [7, 11) is -2.97. The smallest absolute Gasteiger partial charge is 0.216 e. The van der Waals surface area contributed by atoms with E-state index in [-0.39, 0.29) is 5.25 Å². The summed E-state index contributed by atoms with van der Waals surface area (Å²) in [6, 6.07) is 0. The first-order valence-corrected chi connectivity index (χ1v) is 5.44. The van der Waals surface area contributed by atoms with Gasteiger partial charge in [-0.15, -0.1) is 0 Å². The number of hydrogen-bond acceptors (Lipinski definition) is 3. The normalized spacial score (nSPS) is 41.8. The van der Waals surface area contributed by atoms with E-state index in [1.165, 1.54) is 0 Å². The lowest BCUT2D eigenvalue weighted by molar-refractivity contribution is 0.468. The molecule has 5 heteroatoms. The molecule has 2 aliphatic rings. The minimum absolute atomic E-state index is 0.170. The highest BCUT2D eigenvalue weighted by Crippen LogP contribution is 2.22. The standard InChI is InChI=1S/C6H12N2O2S/c9-11(10)6-4-7-3-5(6)1-2-8-11/h5-8H,1-4H2. The molecule has 2 N–H and O–H groups in total. The van der Waals surface area contributed by atoms with Gasteiger partial charge < -0.3 is 5.32 Å².